The van der Waals surface area contributed by atoms with Gasteiger partial charge >= 0.3 is 0 Å². The largest absolute Gasteiger partial charge is 0.392 e. The van der Waals surface area contributed by atoms with Gasteiger partial charge in [0.25, 0.3) is 0 Å². The van der Waals surface area contributed by atoms with Gasteiger partial charge in [-0.1, -0.05) is 27.2 Å². The summed E-state index contributed by atoms with van der Waals surface area (Å²) < 4.78 is 0. The molecule has 0 spiro atoms. The summed E-state index contributed by atoms with van der Waals surface area (Å²) in [6, 6.07) is 0.614. The van der Waals surface area contributed by atoms with Gasteiger partial charge < -0.3 is 10.4 Å². The molecule has 1 rings (SSSR count). The Morgan fingerprint density at radius 3 is 2.47 bits per heavy atom. The van der Waals surface area contributed by atoms with E-state index in [-0.39, 0.29) is 6.10 Å². The number of rotatable bonds is 4. The van der Waals surface area contributed by atoms with Crippen LogP contribution >= 0.6 is 0 Å². The first-order chi connectivity index (χ1) is 7.00. The summed E-state index contributed by atoms with van der Waals surface area (Å²) in [5.41, 5.74) is 0. The van der Waals surface area contributed by atoms with E-state index in [1.807, 2.05) is 6.92 Å². The van der Waals surface area contributed by atoms with E-state index in [9.17, 15) is 5.11 Å². The monoisotopic (exact) mass is 213 g/mol. The molecule has 0 saturated heterocycles. The second-order valence-electron chi connectivity index (χ2n) is 5.69. The maximum atomic E-state index is 9.31. The molecule has 1 aliphatic rings. The zero-order chi connectivity index (χ0) is 11.4. The highest BCUT2D eigenvalue weighted by atomic mass is 16.3. The minimum atomic E-state index is -0.227. The fourth-order valence-electron chi connectivity index (χ4n) is 2.76. The Morgan fingerprint density at radius 1 is 1.27 bits per heavy atom. The van der Waals surface area contributed by atoms with Crippen molar-refractivity contribution >= 4 is 0 Å². The molecule has 0 heterocycles. The summed E-state index contributed by atoms with van der Waals surface area (Å²) in [6.07, 6.45) is 3.76. The Labute approximate surface area is 94.5 Å². The molecular formula is C13H27NO. The van der Waals surface area contributed by atoms with Crippen molar-refractivity contribution in [3.05, 3.63) is 0 Å². The Hall–Kier alpha value is -0.0800. The predicted octanol–water partition coefficient (Wildman–Crippen LogP) is 2.42. The number of hydrogen-bond donors (Lipinski definition) is 2. The predicted molar refractivity (Wildman–Crippen MR) is 64.8 cm³/mol. The van der Waals surface area contributed by atoms with Crippen LogP contribution in [0.2, 0.25) is 0 Å². The van der Waals surface area contributed by atoms with Gasteiger partial charge in [-0.3, -0.25) is 0 Å². The third-order valence-electron chi connectivity index (χ3n) is 3.70. The van der Waals surface area contributed by atoms with E-state index in [0.29, 0.717) is 6.04 Å². The van der Waals surface area contributed by atoms with Gasteiger partial charge in [0.2, 0.25) is 0 Å². The lowest BCUT2D eigenvalue weighted by molar-refractivity contribution is 0.138. The van der Waals surface area contributed by atoms with Crippen molar-refractivity contribution in [2.24, 2.45) is 17.8 Å². The Bertz CT molecular complexity index is 179. The van der Waals surface area contributed by atoms with Crippen LogP contribution in [0, 0.1) is 17.8 Å². The van der Waals surface area contributed by atoms with E-state index in [4.69, 9.17) is 0 Å². The fourth-order valence-corrected chi connectivity index (χ4v) is 2.76. The smallest absolute Gasteiger partial charge is 0.0636 e. The molecule has 0 bridgehead atoms. The number of aliphatic hydroxyl groups excluding tert-OH is 1. The molecule has 4 atom stereocenters. The SMILES string of the molecule is CC(C)[C@H]1CC[C@@H](C)C[C@H]1NC[C@H](C)O. The topological polar surface area (TPSA) is 32.3 Å². The minimum Gasteiger partial charge on any atom is -0.392 e. The van der Waals surface area contributed by atoms with Crippen LogP contribution in [-0.4, -0.2) is 23.8 Å². The highest BCUT2D eigenvalue weighted by molar-refractivity contribution is 4.85. The fraction of sp³-hybridized carbons (Fsp3) is 1.00. The van der Waals surface area contributed by atoms with Crippen molar-refractivity contribution in [3.63, 3.8) is 0 Å². The first kappa shape index (κ1) is 13.0. The molecular weight excluding hydrogens is 186 g/mol. The molecule has 15 heavy (non-hydrogen) atoms. The van der Waals surface area contributed by atoms with Crippen LogP contribution in [0.1, 0.15) is 47.0 Å². The molecule has 0 aromatic carbocycles. The molecule has 0 aromatic heterocycles. The van der Waals surface area contributed by atoms with Crippen molar-refractivity contribution in [1.82, 2.24) is 5.32 Å². The molecule has 2 nitrogen and oxygen atoms in total. The van der Waals surface area contributed by atoms with E-state index >= 15 is 0 Å². The Morgan fingerprint density at radius 2 is 1.93 bits per heavy atom. The third-order valence-corrected chi connectivity index (χ3v) is 3.70. The summed E-state index contributed by atoms with van der Waals surface area (Å²) in [5.74, 6) is 2.38. The van der Waals surface area contributed by atoms with Crippen LogP contribution in [0.15, 0.2) is 0 Å². The molecule has 2 N–H and O–H groups in total. The normalized spacial score (nSPS) is 34.4. The van der Waals surface area contributed by atoms with Crippen molar-refractivity contribution in [2.75, 3.05) is 6.54 Å². The zero-order valence-corrected chi connectivity index (χ0v) is 10.7. The second kappa shape index (κ2) is 5.86. The highest BCUT2D eigenvalue weighted by Gasteiger charge is 2.30. The van der Waals surface area contributed by atoms with Gasteiger partial charge in [0.05, 0.1) is 6.10 Å². The van der Waals surface area contributed by atoms with E-state index in [1.165, 1.54) is 19.3 Å². The average molecular weight is 213 g/mol. The summed E-state index contributed by atoms with van der Waals surface area (Å²) in [5, 5.41) is 12.8. The molecule has 1 saturated carbocycles. The molecule has 0 aromatic rings. The van der Waals surface area contributed by atoms with Crippen LogP contribution in [0.25, 0.3) is 0 Å². The summed E-state index contributed by atoms with van der Waals surface area (Å²) in [4.78, 5) is 0. The van der Waals surface area contributed by atoms with Gasteiger partial charge in [0, 0.05) is 12.6 Å². The van der Waals surface area contributed by atoms with E-state index in [0.717, 1.165) is 24.3 Å². The lowest BCUT2D eigenvalue weighted by Gasteiger charge is -2.38. The van der Waals surface area contributed by atoms with E-state index < -0.39 is 0 Å². The molecule has 1 fully saturated rings. The Kier molecular flexibility index (Phi) is 5.07. The molecule has 1 aliphatic carbocycles. The maximum absolute atomic E-state index is 9.31. The molecule has 0 radical (unpaired) electrons. The van der Waals surface area contributed by atoms with Crippen molar-refractivity contribution < 1.29 is 5.11 Å². The van der Waals surface area contributed by atoms with Crippen LogP contribution in [-0.2, 0) is 0 Å². The van der Waals surface area contributed by atoms with Crippen LogP contribution < -0.4 is 5.32 Å². The lowest BCUT2D eigenvalue weighted by Crippen LogP contribution is -2.45. The van der Waals surface area contributed by atoms with E-state index in [1.54, 1.807) is 0 Å². The molecule has 90 valence electrons. The van der Waals surface area contributed by atoms with Gasteiger partial charge in [-0.05, 0) is 37.5 Å². The molecule has 2 heteroatoms. The first-order valence-electron chi connectivity index (χ1n) is 6.42. The molecule has 0 aliphatic heterocycles. The lowest BCUT2D eigenvalue weighted by atomic mass is 9.74. The average Bonchev–Trinajstić information content (AvgIpc) is 2.14. The third kappa shape index (κ3) is 4.12. The van der Waals surface area contributed by atoms with Crippen LogP contribution in [0.4, 0.5) is 0 Å². The summed E-state index contributed by atoms with van der Waals surface area (Å²) in [7, 11) is 0. The van der Waals surface area contributed by atoms with Gasteiger partial charge in [-0.2, -0.15) is 0 Å². The van der Waals surface area contributed by atoms with Gasteiger partial charge in [0.1, 0.15) is 0 Å². The maximum Gasteiger partial charge on any atom is 0.0636 e. The number of hydrogen-bond acceptors (Lipinski definition) is 2. The standard InChI is InChI=1S/C13H27NO/c1-9(2)12-6-5-10(3)7-13(12)14-8-11(4)15/h9-15H,5-8H2,1-4H3/t10-,11+,12-,13-/m1/s1. The Balaban J connectivity index is 2.46. The van der Waals surface area contributed by atoms with Crippen molar-refractivity contribution in [2.45, 2.75) is 59.1 Å². The van der Waals surface area contributed by atoms with Gasteiger partial charge in [0.15, 0.2) is 0 Å². The van der Waals surface area contributed by atoms with Gasteiger partial charge in [-0.25, -0.2) is 0 Å². The number of nitrogens with one attached hydrogen (secondary N) is 1. The van der Waals surface area contributed by atoms with Crippen molar-refractivity contribution in [3.8, 4) is 0 Å². The highest BCUT2D eigenvalue weighted by Crippen LogP contribution is 2.33. The zero-order valence-electron chi connectivity index (χ0n) is 10.7. The number of aliphatic hydroxyl groups is 1. The summed E-state index contributed by atoms with van der Waals surface area (Å²) >= 11 is 0. The van der Waals surface area contributed by atoms with E-state index in [2.05, 4.69) is 26.1 Å². The second-order valence-corrected chi connectivity index (χ2v) is 5.69. The van der Waals surface area contributed by atoms with Crippen LogP contribution in [0.3, 0.4) is 0 Å². The summed E-state index contributed by atoms with van der Waals surface area (Å²) in [6.45, 7) is 9.56. The van der Waals surface area contributed by atoms with Crippen molar-refractivity contribution in [1.29, 1.82) is 0 Å². The molecule has 0 amide bonds. The van der Waals surface area contributed by atoms with Crippen LogP contribution in [0.5, 0.6) is 0 Å². The minimum absolute atomic E-state index is 0.227. The molecule has 0 unspecified atom stereocenters. The first-order valence-corrected chi connectivity index (χ1v) is 6.42. The quantitative estimate of drug-likeness (QED) is 0.751. The van der Waals surface area contributed by atoms with Gasteiger partial charge in [-0.15, -0.1) is 0 Å².